The molecule has 0 spiro atoms. The summed E-state index contributed by atoms with van der Waals surface area (Å²) in [6, 6.07) is 3.48. The molecule has 5 heteroatoms. The molecule has 1 aromatic rings. The number of benzene rings is 1. The first-order valence-corrected chi connectivity index (χ1v) is 5.92. The monoisotopic (exact) mass is 257 g/mol. The zero-order valence-electron chi connectivity index (χ0n) is 10.5. The summed E-state index contributed by atoms with van der Waals surface area (Å²) < 4.78 is 36.9. The van der Waals surface area contributed by atoms with Gasteiger partial charge in [0.25, 0.3) is 0 Å². The van der Waals surface area contributed by atoms with E-state index in [1.54, 1.807) is 0 Å². The highest BCUT2D eigenvalue weighted by molar-refractivity contribution is 5.17. The normalized spacial score (nSPS) is 22.3. The predicted octanol–water partition coefficient (Wildman–Crippen LogP) is 2.21. The summed E-state index contributed by atoms with van der Waals surface area (Å²) in [5, 5.41) is 3.10. The van der Waals surface area contributed by atoms with Gasteiger partial charge in [-0.1, -0.05) is 0 Å². The molecule has 1 unspecified atom stereocenters. The molecular weight excluding hydrogens is 240 g/mol. The largest absolute Gasteiger partial charge is 0.348 e. The maximum atomic E-state index is 12.9. The lowest BCUT2D eigenvalue weighted by atomic mass is 10.2. The Morgan fingerprint density at radius 3 is 2.50 bits per heavy atom. The molecule has 2 rings (SSSR count). The SMILES string of the molecule is CC1(C)OCC(CNCc2cc(F)cc(F)c2)O1. The Bertz CT molecular complexity index is 403. The second-order valence-corrected chi connectivity index (χ2v) is 4.86. The fourth-order valence-electron chi connectivity index (χ4n) is 1.95. The maximum Gasteiger partial charge on any atom is 0.163 e. The van der Waals surface area contributed by atoms with E-state index in [2.05, 4.69) is 5.32 Å². The van der Waals surface area contributed by atoms with Crippen LogP contribution < -0.4 is 5.32 Å². The van der Waals surface area contributed by atoms with Gasteiger partial charge in [0.15, 0.2) is 5.79 Å². The molecule has 1 heterocycles. The molecule has 0 saturated carbocycles. The second-order valence-electron chi connectivity index (χ2n) is 4.86. The molecule has 0 radical (unpaired) electrons. The average Bonchev–Trinajstić information content (AvgIpc) is 2.57. The van der Waals surface area contributed by atoms with Crippen LogP contribution in [0.5, 0.6) is 0 Å². The number of ether oxygens (including phenoxy) is 2. The summed E-state index contributed by atoms with van der Waals surface area (Å²) in [7, 11) is 0. The number of halogens is 2. The van der Waals surface area contributed by atoms with Crippen molar-refractivity contribution in [3.8, 4) is 0 Å². The van der Waals surface area contributed by atoms with Crippen LogP contribution >= 0.6 is 0 Å². The maximum absolute atomic E-state index is 12.9. The molecule has 1 fully saturated rings. The van der Waals surface area contributed by atoms with E-state index < -0.39 is 17.4 Å². The minimum Gasteiger partial charge on any atom is -0.348 e. The highest BCUT2D eigenvalue weighted by Gasteiger charge is 2.32. The lowest BCUT2D eigenvalue weighted by Gasteiger charge is -2.17. The van der Waals surface area contributed by atoms with Crippen molar-refractivity contribution >= 4 is 0 Å². The van der Waals surface area contributed by atoms with Crippen LogP contribution in [0.4, 0.5) is 8.78 Å². The smallest absolute Gasteiger partial charge is 0.163 e. The molecular formula is C13H17F2NO2. The Labute approximate surface area is 105 Å². The number of nitrogens with one attached hydrogen (secondary N) is 1. The highest BCUT2D eigenvalue weighted by Crippen LogP contribution is 2.21. The van der Waals surface area contributed by atoms with E-state index in [4.69, 9.17) is 9.47 Å². The lowest BCUT2D eigenvalue weighted by molar-refractivity contribution is -0.137. The predicted molar refractivity (Wildman–Crippen MR) is 63.0 cm³/mol. The van der Waals surface area contributed by atoms with E-state index in [0.717, 1.165) is 6.07 Å². The molecule has 0 bridgehead atoms. The topological polar surface area (TPSA) is 30.5 Å². The van der Waals surface area contributed by atoms with E-state index in [-0.39, 0.29) is 6.10 Å². The van der Waals surface area contributed by atoms with Gasteiger partial charge in [-0.25, -0.2) is 8.78 Å². The lowest BCUT2D eigenvalue weighted by Crippen LogP contribution is -2.30. The van der Waals surface area contributed by atoms with Gasteiger partial charge in [-0.2, -0.15) is 0 Å². The van der Waals surface area contributed by atoms with Crippen LogP contribution in [0.15, 0.2) is 18.2 Å². The van der Waals surface area contributed by atoms with Gasteiger partial charge in [0.1, 0.15) is 11.6 Å². The van der Waals surface area contributed by atoms with Gasteiger partial charge in [-0.15, -0.1) is 0 Å². The first-order chi connectivity index (χ1) is 8.44. The second kappa shape index (κ2) is 5.30. The molecule has 0 amide bonds. The molecule has 0 aliphatic carbocycles. The minimum atomic E-state index is -0.562. The summed E-state index contributed by atoms with van der Waals surface area (Å²) in [5.41, 5.74) is 0.575. The van der Waals surface area contributed by atoms with E-state index in [0.29, 0.717) is 25.3 Å². The van der Waals surface area contributed by atoms with Gasteiger partial charge in [0.2, 0.25) is 0 Å². The average molecular weight is 257 g/mol. The highest BCUT2D eigenvalue weighted by atomic mass is 19.1. The number of rotatable bonds is 4. The standard InChI is InChI=1S/C13H17F2NO2/c1-13(2)17-8-12(18-13)7-16-6-9-3-10(14)5-11(15)4-9/h3-5,12,16H,6-8H2,1-2H3. The third-order valence-corrected chi connectivity index (χ3v) is 2.69. The Balaban J connectivity index is 1.79. The van der Waals surface area contributed by atoms with Crippen molar-refractivity contribution in [2.45, 2.75) is 32.3 Å². The van der Waals surface area contributed by atoms with E-state index in [9.17, 15) is 8.78 Å². The molecule has 18 heavy (non-hydrogen) atoms. The van der Waals surface area contributed by atoms with Crippen molar-refractivity contribution in [3.63, 3.8) is 0 Å². The van der Waals surface area contributed by atoms with Crippen molar-refractivity contribution in [2.24, 2.45) is 0 Å². The van der Waals surface area contributed by atoms with E-state index in [1.807, 2.05) is 13.8 Å². The zero-order valence-corrected chi connectivity index (χ0v) is 10.5. The summed E-state index contributed by atoms with van der Waals surface area (Å²) in [6.07, 6.45) is -0.0293. The molecule has 100 valence electrons. The Hall–Kier alpha value is -1.04. The Morgan fingerprint density at radius 1 is 1.28 bits per heavy atom. The number of hydrogen-bond acceptors (Lipinski definition) is 3. The fourth-order valence-corrected chi connectivity index (χ4v) is 1.95. The third kappa shape index (κ3) is 3.73. The molecule has 3 nitrogen and oxygen atoms in total. The zero-order chi connectivity index (χ0) is 13.2. The van der Waals surface area contributed by atoms with Crippen molar-refractivity contribution in [1.29, 1.82) is 0 Å². The van der Waals surface area contributed by atoms with Gasteiger partial charge < -0.3 is 14.8 Å². The number of hydrogen-bond donors (Lipinski definition) is 1. The van der Waals surface area contributed by atoms with Crippen LogP contribution in [0, 0.1) is 11.6 Å². The van der Waals surface area contributed by atoms with E-state index >= 15 is 0 Å². The minimum absolute atomic E-state index is 0.0293. The molecule has 1 aromatic carbocycles. The van der Waals surface area contributed by atoms with Crippen molar-refractivity contribution in [3.05, 3.63) is 35.4 Å². The van der Waals surface area contributed by atoms with Gasteiger partial charge in [0, 0.05) is 19.2 Å². The first-order valence-electron chi connectivity index (χ1n) is 5.92. The molecule has 1 aliphatic heterocycles. The van der Waals surface area contributed by atoms with Gasteiger partial charge in [-0.05, 0) is 31.5 Å². The summed E-state index contributed by atoms with van der Waals surface area (Å²) in [5.74, 6) is -1.67. The molecule has 1 aliphatic rings. The van der Waals surface area contributed by atoms with Gasteiger partial charge >= 0.3 is 0 Å². The van der Waals surface area contributed by atoms with Crippen LogP contribution in [0.2, 0.25) is 0 Å². The summed E-state index contributed by atoms with van der Waals surface area (Å²) in [6.45, 7) is 5.22. The van der Waals surface area contributed by atoms with Crippen LogP contribution in [0.25, 0.3) is 0 Å². The van der Waals surface area contributed by atoms with Crippen molar-refractivity contribution < 1.29 is 18.3 Å². The Morgan fingerprint density at radius 2 is 1.94 bits per heavy atom. The first kappa shape index (κ1) is 13.4. The quantitative estimate of drug-likeness (QED) is 0.897. The fraction of sp³-hybridized carbons (Fsp3) is 0.538. The summed E-state index contributed by atoms with van der Waals surface area (Å²) in [4.78, 5) is 0. The van der Waals surface area contributed by atoms with Crippen LogP contribution in [0.3, 0.4) is 0 Å². The molecule has 0 aromatic heterocycles. The van der Waals surface area contributed by atoms with Crippen LogP contribution in [-0.2, 0) is 16.0 Å². The van der Waals surface area contributed by atoms with Gasteiger partial charge in [-0.3, -0.25) is 0 Å². The van der Waals surface area contributed by atoms with E-state index in [1.165, 1.54) is 12.1 Å². The van der Waals surface area contributed by atoms with Gasteiger partial charge in [0.05, 0.1) is 12.7 Å². The van der Waals surface area contributed by atoms with Crippen LogP contribution in [-0.4, -0.2) is 25.0 Å². The van der Waals surface area contributed by atoms with Crippen molar-refractivity contribution in [2.75, 3.05) is 13.2 Å². The summed E-state index contributed by atoms with van der Waals surface area (Å²) >= 11 is 0. The molecule has 1 saturated heterocycles. The van der Waals surface area contributed by atoms with Crippen molar-refractivity contribution in [1.82, 2.24) is 5.32 Å². The molecule has 1 N–H and O–H groups in total. The third-order valence-electron chi connectivity index (χ3n) is 2.69. The molecule has 1 atom stereocenters. The van der Waals surface area contributed by atoms with Crippen LogP contribution in [0.1, 0.15) is 19.4 Å². The Kier molecular flexibility index (Phi) is 3.94.